The Balaban J connectivity index is 3.10. The highest BCUT2D eigenvalue weighted by molar-refractivity contribution is 5.81. The van der Waals surface area contributed by atoms with Gasteiger partial charge < -0.3 is 15.6 Å². The minimum atomic E-state index is -1.22. The molecule has 20 heavy (non-hydrogen) atoms. The van der Waals surface area contributed by atoms with E-state index >= 15 is 0 Å². The molecule has 1 aromatic rings. The van der Waals surface area contributed by atoms with Gasteiger partial charge in [-0.15, -0.1) is 0 Å². The molecule has 0 aliphatic rings. The highest BCUT2D eigenvalue weighted by atomic mass is 19.1. The normalized spacial score (nSPS) is 14.8. The van der Waals surface area contributed by atoms with Crippen LogP contribution in [0.4, 0.5) is 4.39 Å². The number of carboxylic acids is 1. The minimum absolute atomic E-state index is 0.0479. The van der Waals surface area contributed by atoms with Crippen LogP contribution in [0.1, 0.15) is 32.3 Å². The van der Waals surface area contributed by atoms with Crippen LogP contribution in [0.15, 0.2) is 24.3 Å². The first kappa shape index (κ1) is 16.6. The molecule has 0 amide bonds. The maximum atomic E-state index is 13.0. The minimum Gasteiger partial charge on any atom is -0.481 e. The Morgan fingerprint density at radius 1 is 1.30 bits per heavy atom. The molecule has 0 radical (unpaired) electrons. The molecule has 1 rings (SSSR count). The quantitative estimate of drug-likeness (QED) is 0.805. The average molecular weight is 283 g/mol. The summed E-state index contributed by atoms with van der Waals surface area (Å²) in [5.41, 5.74) is 4.60. The van der Waals surface area contributed by atoms with Gasteiger partial charge in [0.1, 0.15) is 11.2 Å². The lowest BCUT2D eigenvalue weighted by Crippen LogP contribution is -2.44. The van der Waals surface area contributed by atoms with Gasteiger partial charge >= 0.3 is 5.97 Å². The van der Waals surface area contributed by atoms with Gasteiger partial charge in [-0.3, -0.25) is 4.79 Å². The molecule has 112 valence electrons. The fourth-order valence-electron chi connectivity index (χ4n) is 2.07. The zero-order valence-corrected chi connectivity index (χ0v) is 12.1. The van der Waals surface area contributed by atoms with E-state index in [1.165, 1.54) is 24.3 Å². The van der Waals surface area contributed by atoms with Crippen LogP contribution in [-0.4, -0.2) is 30.3 Å². The van der Waals surface area contributed by atoms with Crippen LogP contribution in [0.2, 0.25) is 0 Å². The first-order chi connectivity index (χ1) is 9.27. The predicted octanol–water partition coefficient (Wildman–Crippen LogP) is 2.31. The van der Waals surface area contributed by atoms with Crippen molar-refractivity contribution >= 4 is 5.97 Å². The number of rotatable bonds is 7. The van der Waals surface area contributed by atoms with E-state index in [4.69, 9.17) is 10.5 Å². The summed E-state index contributed by atoms with van der Waals surface area (Å²) < 4.78 is 18.3. The third kappa shape index (κ3) is 3.55. The maximum Gasteiger partial charge on any atom is 0.315 e. The Morgan fingerprint density at radius 2 is 1.85 bits per heavy atom. The van der Waals surface area contributed by atoms with Crippen molar-refractivity contribution in [3.05, 3.63) is 35.6 Å². The van der Waals surface area contributed by atoms with E-state index < -0.39 is 22.8 Å². The Morgan fingerprint density at radius 3 is 2.25 bits per heavy atom. The Labute approximate surface area is 118 Å². The average Bonchev–Trinajstić information content (AvgIpc) is 2.41. The van der Waals surface area contributed by atoms with Crippen molar-refractivity contribution < 1.29 is 19.0 Å². The molecule has 0 heterocycles. The van der Waals surface area contributed by atoms with Crippen molar-refractivity contribution in [1.29, 1.82) is 0 Å². The first-order valence-corrected chi connectivity index (χ1v) is 6.52. The molecule has 0 aliphatic carbocycles. The number of benzene rings is 1. The fourth-order valence-corrected chi connectivity index (χ4v) is 2.07. The number of carboxylic acid groups (broad SMARTS) is 1. The van der Waals surface area contributed by atoms with E-state index in [1.54, 1.807) is 7.11 Å². The number of hydrogen-bond donors (Lipinski definition) is 2. The van der Waals surface area contributed by atoms with Crippen molar-refractivity contribution in [2.45, 2.75) is 37.7 Å². The second-order valence-electron chi connectivity index (χ2n) is 5.56. The van der Waals surface area contributed by atoms with E-state index in [0.717, 1.165) is 0 Å². The summed E-state index contributed by atoms with van der Waals surface area (Å²) in [5, 5.41) is 9.60. The van der Waals surface area contributed by atoms with Crippen LogP contribution in [0, 0.1) is 5.82 Å². The number of aliphatic carboxylic acids is 1. The highest BCUT2D eigenvalue weighted by Crippen LogP contribution is 2.32. The lowest BCUT2D eigenvalue weighted by atomic mass is 9.75. The van der Waals surface area contributed by atoms with Gasteiger partial charge in [0.2, 0.25) is 0 Å². The molecule has 0 fully saturated rings. The fraction of sp³-hybridized carbons (Fsp3) is 0.533. The Hall–Kier alpha value is -1.46. The zero-order valence-electron chi connectivity index (χ0n) is 12.1. The summed E-state index contributed by atoms with van der Waals surface area (Å²) in [6.45, 7) is 3.73. The summed E-state index contributed by atoms with van der Waals surface area (Å²) in [4.78, 5) is 11.7. The van der Waals surface area contributed by atoms with Crippen LogP contribution >= 0.6 is 0 Å². The van der Waals surface area contributed by atoms with Crippen LogP contribution in [0.5, 0.6) is 0 Å². The lowest BCUT2D eigenvalue weighted by molar-refractivity contribution is -0.144. The lowest BCUT2D eigenvalue weighted by Gasteiger charge is -2.32. The SMILES string of the molecule is COC(C)(C)CCC(CN)(C(=O)O)c1ccc(F)cc1. The molecule has 0 saturated heterocycles. The number of methoxy groups -OCH3 is 1. The van der Waals surface area contributed by atoms with E-state index in [1.807, 2.05) is 13.8 Å². The van der Waals surface area contributed by atoms with Gasteiger partial charge in [0.05, 0.1) is 5.60 Å². The van der Waals surface area contributed by atoms with Crippen molar-refractivity contribution in [3.8, 4) is 0 Å². The molecule has 1 unspecified atom stereocenters. The molecule has 4 nitrogen and oxygen atoms in total. The summed E-state index contributed by atoms with van der Waals surface area (Å²) >= 11 is 0. The van der Waals surface area contributed by atoms with Crippen molar-refractivity contribution in [2.24, 2.45) is 5.73 Å². The number of hydrogen-bond acceptors (Lipinski definition) is 3. The number of ether oxygens (including phenoxy) is 1. The summed E-state index contributed by atoms with van der Waals surface area (Å²) in [5.74, 6) is -1.40. The smallest absolute Gasteiger partial charge is 0.315 e. The van der Waals surface area contributed by atoms with Crippen molar-refractivity contribution in [1.82, 2.24) is 0 Å². The molecule has 0 saturated carbocycles. The number of halogens is 1. The van der Waals surface area contributed by atoms with Crippen LogP contribution in [0.3, 0.4) is 0 Å². The molecule has 3 N–H and O–H groups in total. The molecule has 0 aromatic heterocycles. The van der Waals surface area contributed by atoms with Crippen LogP contribution in [0.25, 0.3) is 0 Å². The molecule has 5 heteroatoms. The van der Waals surface area contributed by atoms with E-state index in [0.29, 0.717) is 18.4 Å². The largest absolute Gasteiger partial charge is 0.481 e. The highest BCUT2D eigenvalue weighted by Gasteiger charge is 2.40. The molecule has 0 bridgehead atoms. The van der Waals surface area contributed by atoms with Crippen molar-refractivity contribution in [3.63, 3.8) is 0 Å². The van der Waals surface area contributed by atoms with Gasteiger partial charge in [0, 0.05) is 13.7 Å². The second kappa shape index (κ2) is 6.33. The summed E-state index contributed by atoms with van der Waals surface area (Å²) in [6, 6.07) is 5.47. The van der Waals surface area contributed by atoms with Gasteiger partial charge in [-0.05, 0) is 44.4 Å². The summed E-state index contributed by atoms with van der Waals surface area (Å²) in [6.07, 6.45) is 0.857. The topological polar surface area (TPSA) is 72.5 Å². The molecule has 0 aliphatic heterocycles. The van der Waals surface area contributed by atoms with E-state index in [2.05, 4.69) is 0 Å². The molecule has 0 spiro atoms. The third-order valence-corrected chi connectivity index (χ3v) is 3.86. The van der Waals surface area contributed by atoms with Gasteiger partial charge in [-0.2, -0.15) is 0 Å². The number of nitrogens with two attached hydrogens (primary N) is 1. The monoisotopic (exact) mass is 283 g/mol. The zero-order chi connectivity index (χ0) is 15.4. The first-order valence-electron chi connectivity index (χ1n) is 6.52. The van der Waals surface area contributed by atoms with Crippen LogP contribution in [-0.2, 0) is 14.9 Å². The molecule has 1 atom stereocenters. The van der Waals surface area contributed by atoms with Gasteiger partial charge in [0.15, 0.2) is 0 Å². The van der Waals surface area contributed by atoms with Gasteiger partial charge in [-0.1, -0.05) is 12.1 Å². The van der Waals surface area contributed by atoms with Crippen LogP contribution < -0.4 is 5.73 Å². The van der Waals surface area contributed by atoms with E-state index in [-0.39, 0.29) is 6.54 Å². The van der Waals surface area contributed by atoms with Crippen molar-refractivity contribution in [2.75, 3.05) is 13.7 Å². The predicted molar refractivity (Wildman–Crippen MR) is 75.1 cm³/mol. The Bertz CT molecular complexity index is 459. The second-order valence-corrected chi connectivity index (χ2v) is 5.56. The molecular formula is C15H22FNO3. The standard InChI is InChI=1S/C15H22FNO3/c1-14(2,20-3)8-9-15(10-17,13(18)19)11-4-6-12(16)7-5-11/h4-7H,8-10,17H2,1-3H3,(H,18,19). The molecule has 1 aromatic carbocycles. The van der Waals surface area contributed by atoms with Gasteiger partial charge in [0.25, 0.3) is 0 Å². The van der Waals surface area contributed by atoms with Gasteiger partial charge in [-0.25, -0.2) is 4.39 Å². The third-order valence-electron chi connectivity index (χ3n) is 3.86. The molecular weight excluding hydrogens is 261 g/mol. The number of carbonyl (C=O) groups is 1. The summed E-state index contributed by atoms with van der Waals surface area (Å²) in [7, 11) is 1.59. The maximum absolute atomic E-state index is 13.0. The Kier molecular flexibility index (Phi) is 5.25. The van der Waals surface area contributed by atoms with E-state index in [9.17, 15) is 14.3 Å².